The summed E-state index contributed by atoms with van der Waals surface area (Å²) in [6.45, 7) is 7.60. The molecule has 3 nitrogen and oxygen atoms in total. The third-order valence-electron chi connectivity index (χ3n) is 2.66. The number of carbonyl (C=O) groups excluding carboxylic acids is 1. The molecule has 1 heterocycles. The van der Waals surface area contributed by atoms with Crippen LogP contribution in [0.1, 0.15) is 35.0 Å². The molecule has 0 aromatic heterocycles. The summed E-state index contributed by atoms with van der Waals surface area (Å²) in [6, 6.07) is 0.441. The first-order valence-electron chi connectivity index (χ1n) is 5.53. The second kappa shape index (κ2) is 5.47. The van der Waals surface area contributed by atoms with Gasteiger partial charge >= 0.3 is 0 Å². The summed E-state index contributed by atoms with van der Waals surface area (Å²) in [5, 5.41) is 3.34. The monoisotopic (exact) mass is 201 g/mol. The van der Waals surface area contributed by atoms with Crippen molar-refractivity contribution in [3.63, 3.8) is 0 Å². The predicted molar refractivity (Wildman–Crippen MR) is 58.4 cm³/mol. The molecule has 1 aliphatic rings. The Kier molecular flexibility index (Phi) is 4.55. The molecular weight excluding hydrogens is 178 g/mol. The van der Waals surface area contributed by atoms with Crippen LogP contribution in [0.15, 0.2) is 0 Å². The Balaban J connectivity index is 0.00000196. The molecule has 1 fully saturated rings. The molecule has 14 heavy (non-hydrogen) atoms. The number of ether oxygens (including phenoxy) is 1. The highest BCUT2D eigenvalue weighted by molar-refractivity contribution is 5.84. The summed E-state index contributed by atoms with van der Waals surface area (Å²) < 4.78 is 5.55. The van der Waals surface area contributed by atoms with Gasteiger partial charge in [-0.15, -0.1) is 0 Å². The molecule has 0 amide bonds. The number of hydrogen-bond acceptors (Lipinski definition) is 3. The normalized spacial score (nSPS) is 28.0. The van der Waals surface area contributed by atoms with E-state index < -0.39 is 0 Å². The maximum absolute atomic E-state index is 11.6. The number of nitrogens with one attached hydrogen (secondary N) is 1. The van der Waals surface area contributed by atoms with Crippen LogP contribution in [0.2, 0.25) is 0 Å². The topological polar surface area (TPSA) is 38.3 Å². The second-order valence-electron chi connectivity index (χ2n) is 4.21. The van der Waals surface area contributed by atoms with Crippen LogP contribution >= 0.6 is 0 Å². The second-order valence-corrected chi connectivity index (χ2v) is 4.21. The van der Waals surface area contributed by atoms with Gasteiger partial charge in [0.25, 0.3) is 0 Å². The van der Waals surface area contributed by atoms with E-state index in [0.29, 0.717) is 12.6 Å². The molecule has 0 aromatic carbocycles. The molecule has 84 valence electrons. The molecule has 0 radical (unpaired) electrons. The lowest BCUT2D eigenvalue weighted by molar-refractivity contribution is -0.137. The van der Waals surface area contributed by atoms with Crippen molar-refractivity contribution in [2.45, 2.75) is 45.8 Å². The van der Waals surface area contributed by atoms with E-state index in [0.717, 1.165) is 19.4 Å². The molecule has 1 rings (SSSR count). The van der Waals surface area contributed by atoms with E-state index in [-0.39, 0.29) is 19.2 Å². The molecule has 0 aromatic rings. The van der Waals surface area contributed by atoms with Crippen molar-refractivity contribution in [3.05, 3.63) is 0 Å². The Morgan fingerprint density at radius 3 is 2.71 bits per heavy atom. The summed E-state index contributed by atoms with van der Waals surface area (Å²) in [7, 11) is 0. The minimum atomic E-state index is -0.148. The lowest BCUT2D eigenvalue weighted by Gasteiger charge is -2.29. The largest absolute Gasteiger partial charge is 0.369 e. The van der Waals surface area contributed by atoms with Gasteiger partial charge in [-0.1, -0.05) is 20.8 Å². The van der Waals surface area contributed by atoms with E-state index in [1.165, 1.54) is 0 Å². The van der Waals surface area contributed by atoms with Gasteiger partial charge in [-0.05, 0) is 19.4 Å². The highest BCUT2D eigenvalue weighted by Crippen LogP contribution is 2.17. The Labute approximate surface area is 87.7 Å². The fourth-order valence-corrected chi connectivity index (χ4v) is 1.80. The van der Waals surface area contributed by atoms with Gasteiger partial charge in [0, 0.05) is 13.4 Å². The van der Waals surface area contributed by atoms with Crippen LogP contribution in [0.5, 0.6) is 0 Å². The van der Waals surface area contributed by atoms with Gasteiger partial charge in [-0.25, -0.2) is 0 Å². The quantitative estimate of drug-likeness (QED) is 0.751. The van der Waals surface area contributed by atoms with Gasteiger partial charge in [0.15, 0.2) is 5.78 Å². The molecular formula is C11H23NO2. The third kappa shape index (κ3) is 3.07. The molecule has 1 unspecified atom stereocenters. The minimum absolute atomic E-state index is 0. The number of hydrogen-bond donors (Lipinski definition) is 1. The molecule has 1 N–H and O–H groups in total. The summed E-state index contributed by atoms with van der Waals surface area (Å²) in [5.74, 6) is 0.343. The van der Waals surface area contributed by atoms with Gasteiger partial charge in [-0.2, -0.15) is 0 Å². The molecule has 3 heteroatoms. The Morgan fingerprint density at radius 1 is 1.57 bits per heavy atom. The fraction of sp³-hybridized carbons (Fsp3) is 0.909. The van der Waals surface area contributed by atoms with E-state index >= 15 is 0 Å². The van der Waals surface area contributed by atoms with E-state index in [4.69, 9.17) is 4.74 Å². The molecule has 0 bridgehead atoms. The van der Waals surface area contributed by atoms with Crippen LogP contribution in [-0.4, -0.2) is 31.1 Å². The Bertz CT molecular complexity index is 189. The summed E-state index contributed by atoms with van der Waals surface area (Å²) in [6.07, 6.45) is 1.77. The minimum Gasteiger partial charge on any atom is -0.369 e. The maximum atomic E-state index is 11.6. The van der Waals surface area contributed by atoms with Gasteiger partial charge in [-0.3, -0.25) is 4.79 Å². The standard InChI is InChI=1S/C11H21NO2.H2/c1-4-12-9-5-6-10(14-7-9)11(13)8(2)3;/h8-10,12H,4-7H2,1-3H3;1H/t9-,10?;/m1./s1. The highest BCUT2D eigenvalue weighted by Gasteiger charge is 2.27. The number of Topliss-reactive ketones (excluding diaryl/α,β-unsaturated/α-hetero) is 1. The van der Waals surface area contributed by atoms with Crippen LogP contribution in [0, 0.1) is 5.92 Å². The SMILES string of the molecule is CCN[C@@H]1CCC(C(=O)C(C)C)OC1.[HH]. The van der Waals surface area contributed by atoms with Crippen molar-refractivity contribution in [3.8, 4) is 0 Å². The zero-order valence-electron chi connectivity index (χ0n) is 9.38. The first-order chi connectivity index (χ1) is 6.65. The van der Waals surface area contributed by atoms with Gasteiger partial charge in [0.2, 0.25) is 0 Å². The molecule has 2 atom stereocenters. The maximum Gasteiger partial charge on any atom is 0.164 e. The average molecular weight is 201 g/mol. The zero-order valence-corrected chi connectivity index (χ0v) is 9.38. The molecule has 0 spiro atoms. The molecule has 0 saturated carbocycles. The number of ketones is 1. The van der Waals surface area contributed by atoms with Crippen molar-refractivity contribution < 1.29 is 11.0 Å². The van der Waals surface area contributed by atoms with Crippen LogP contribution < -0.4 is 5.32 Å². The van der Waals surface area contributed by atoms with Crippen LogP contribution in [0.4, 0.5) is 0 Å². The van der Waals surface area contributed by atoms with Crippen molar-refractivity contribution >= 4 is 5.78 Å². The van der Waals surface area contributed by atoms with Crippen LogP contribution in [0.3, 0.4) is 0 Å². The number of rotatable bonds is 4. The fourth-order valence-electron chi connectivity index (χ4n) is 1.80. The van der Waals surface area contributed by atoms with Crippen molar-refractivity contribution in [2.75, 3.05) is 13.2 Å². The first kappa shape index (κ1) is 11.7. The molecule has 1 saturated heterocycles. The van der Waals surface area contributed by atoms with E-state index in [2.05, 4.69) is 12.2 Å². The summed E-state index contributed by atoms with van der Waals surface area (Å²) in [4.78, 5) is 11.6. The lowest BCUT2D eigenvalue weighted by Crippen LogP contribution is -2.43. The van der Waals surface area contributed by atoms with Gasteiger partial charge in [0.05, 0.1) is 6.61 Å². The third-order valence-corrected chi connectivity index (χ3v) is 2.66. The smallest absolute Gasteiger partial charge is 0.164 e. The van der Waals surface area contributed by atoms with Crippen LogP contribution in [0.25, 0.3) is 0 Å². The van der Waals surface area contributed by atoms with Crippen molar-refractivity contribution in [2.24, 2.45) is 5.92 Å². The Morgan fingerprint density at radius 2 is 2.29 bits per heavy atom. The first-order valence-corrected chi connectivity index (χ1v) is 5.53. The zero-order chi connectivity index (χ0) is 10.6. The number of likely N-dealkylation sites (N-methyl/N-ethyl adjacent to an activating group) is 1. The molecule has 1 aliphatic heterocycles. The highest BCUT2D eigenvalue weighted by atomic mass is 16.5. The average Bonchev–Trinajstić information content (AvgIpc) is 2.18. The van der Waals surface area contributed by atoms with Crippen molar-refractivity contribution in [1.29, 1.82) is 0 Å². The number of carbonyl (C=O) groups is 1. The summed E-state index contributed by atoms with van der Waals surface area (Å²) in [5.41, 5.74) is 0. The summed E-state index contributed by atoms with van der Waals surface area (Å²) >= 11 is 0. The lowest BCUT2D eigenvalue weighted by atomic mass is 9.96. The van der Waals surface area contributed by atoms with Gasteiger partial charge < -0.3 is 10.1 Å². The van der Waals surface area contributed by atoms with Crippen molar-refractivity contribution in [1.82, 2.24) is 5.32 Å². The predicted octanol–water partition coefficient (Wildman–Crippen LogP) is 1.61. The van der Waals surface area contributed by atoms with Gasteiger partial charge in [0.1, 0.15) is 6.10 Å². The Hall–Kier alpha value is -0.410. The van der Waals surface area contributed by atoms with E-state index in [1.807, 2.05) is 13.8 Å². The van der Waals surface area contributed by atoms with Crippen LogP contribution in [-0.2, 0) is 9.53 Å². The van der Waals surface area contributed by atoms with E-state index in [9.17, 15) is 4.79 Å². The molecule has 0 aliphatic carbocycles. The van der Waals surface area contributed by atoms with E-state index in [1.54, 1.807) is 0 Å².